The van der Waals surface area contributed by atoms with Gasteiger partial charge in [-0.3, -0.25) is 4.90 Å². The highest BCUT2D eigenvalue weighted by Gasteiger charge is 2.31. The number of hydrogen-bond donors (Lipinski definition) is 2. The van der Waals surface area contributed by atoms with Crippen LogP contribution in [0.15, 0.2) is 53.1 Å². The topological polar surface area (TPSA) is 97.6 Å². The van der Waals surface area contributed by atoms with Crippen LogP contribution in [0.2, 0.25) is 0 Å². The summed E-state index contributed by atoms with van der Waals surface area (Å²) >= 11 is 3.38. The van der Waals surface area contributed by atoms with E-state index in [1.165, 1.54) is 0 Å². The minimum atomic E-state index is -0.754. The Labute approximate surface area is 172 Å². The zero-order valence-electron chi connectivity index (χ0n) is 15.4. The minimum Gasteiger partial charge on any atom is -0.446 e. The van der Waals surface area contributed by atoms with Gasteiger partial charge in [-0.15, -0.1) is 0 Å². The Balaban J connectivity index is 1.71. The fourth-order valence-electron chi connectivity index (χ4n) is 3.41. The molecule has 28 heavy (non-hydrogen) atoms. The number of urea groups is 1. The van der Waals surface area contributed by atoms with Gasteiger partial charge in [0.2, 0.25) is 0 Å². The SMILES string of the molecule is NC(=O)O[C@H]1CC[C@H](N(C(=O)NCc2ccccc2)c2ccc(Br)cn2)CC1. The maximum atomic E-state index is 13.0. The molecule has 0 spiro atoms. The Morgan fingerprint density at radius 2 is 1.86 bits per heavy atom. The van der Waals surface area contributed by atoms with E-state index in [1.54, 1.807) is 11.1 Å². The monoisotopic (exact) mass is 446 g/mol. The first-order valence-corrected chi connectivity index (χ1v) is 10.0. The molecular formula is C20H23BrN4O3. The van der Waals surface area contributed by atoms with Gasteiger partial charge in [-0.25, -0.2) is 14.6 Å². The van der Waals surface area contributed by atoms with Gasteiger partial charge in [-0.2, -0.15) is 0 Å². The van der Waals surface area contributed by atoms with Gasteiger partial charge in [0.1, 0.15) is 11.9 Å². The number of benzene rings is 1. The lowest BCUT2D eigenvalue weighted by Crippen LogP contribution is -2.48. The third kappa shape index (κ3) is 5.45. The number of anilines is 1. The molecular weight excluding hydrogens is 424 g/mol. The average molecular weight is 447 g/mol. The van der Waals surface area contributed by atoms with Crippen LogP contribution >= 0.6 is 15.9 Å². The lowest BCUT2D eigenvalue weighted by atomic mass is 9.92. The summed E-state index contributed by atoms with van der Waals surface area (Å²) in [6.45, 7) is 0.437. The van der Waals surface area contributed by atoms with Gasteiger partial charge in [0.25, 0.3) is 0 Å². The average Bonchev–Trinajstić information content (AvgIpc) is 2.70. The number of carbonyl (C=O) groups excluding carboxylic acids is 2. The highest BCUT2D eigenvalue weighted by Crippen LogP contribution is 2.28. The molecule has 0 unspecified atom stereocenters. The summed E-state index contributed by atoms with van der Waals surface area (Å²) in [4.78, 5) is 30.1. The summed E-state index contributed by atoms with van der Waals surface area (Å²) in [6, 6.07) is 13.2. The second-order valence-electron chi connectivity index (χ2n) is 6.72. The number of pyridine rings is 1. The summed E-state index contributed by atoms with van der Waals surface area (Å²) in [6.07, 6.45) is 3.45. The summed E-state index contributed by atoms with van der Waals surface area (Å²) in [5, 5.41) is 2.98. The molecule has 3 rings (SSSR count). The Morgan fingerprint density at radius 1 is 1.14 bits per heavy atom. The molecule has 148 valence electrons. The molecule has 1 aliphatic carbocycles. The van der Waals surface area contributed by atoms with Crippen molar-refractivity contribution < 1.29 is 14.3 Å². The summed E-state index contributed by atoms with van der Waals surface area (Å²) < 4.78 is 5.95. The van der Waals surface area contributed by atoms with Crippen LogP contribution in [0.5, 0.6) is 0 Å². The van der Waals surface area contributed by atoms with E-state index in [9.17, 15) is 9.59 Å². The zero-order valence-corrected chi connectivity index (χ0v) is 17.0. The molecule has 0 aliphatic heterocycles. The summed E-state index contributed by atoms with van der Waals surface area (Å²) in [5.74, 6) is 0.591. The molecule has 1 saturated carbocycles. The fourth-order valence-corrected chi connectivity index (χ4v) is 3.65. The molecule has 8 heteroatoms. The number of ether oxygens (including phenoxy) is 1. The van der Waals surface area contributed by atoms with E-state index in [2.05, 4.69) is 26.2 Å². The Hall–Kier alpha value is -2.61. The van der Waals surface area contributed by atoms with Crippen molar-refractivity contribution in [3.05, 3.63) is 58.7 Å². The molecule has 3 amide bonds. The minimum absolute atomic E-state index is 0.0304. The Kier molecular flexibility index (Phi) is 6.86. The van der Waals surface area contributed by atoms with Gasteiger partial charge < -0.3 is 15.8 Å². The maximum absolute atomic E-state index is 13.0. The number of nitrogens with one attached hydrogen (secondary N) is 1. The van der Waals surface area contributed by atoms with Crippen molar-refractivity contribution in [1.82, 2.24) is 10.3 Å². The van der Waals surface area contributed by atoms with Crippen LogP contribution in [-0.2, 0) is 11.3 Å². The molecule has 1 fully saturated rings. The van der Waals surface area contributed by atoms with Crippen molar-refractivity contribution >= 4 is 33.9 Å². The van der Waals surface area contributed by atoms with Gasteiger partial charge in [0.05, 0.1) is 0 Å². The van der Waals surface area contributed by atoms with Crippen LogP contribution in [0.1, 0.15) is 31.2 Å². The van der Waals surface area contributed by atoms with Crippen LogP contribution < -0.4 is 16.0 Å². The van der Waals surface area contributed by atoms with Crippen molar-refractivity contribution in [3.8, 4) is 0 Å². The number of nitrogens with two attached hydrogens (primary N) is 1. The first-order chi connectivity index (χ1) is 13.5. The standard InChI is InChI=1S/C20H23BrN4O3/c21-15-6-11-18(23-13-15)25(16-7-9-17(10-8-16)28-19(22)26)20(27)24-12-14-4-2-1-3-5-14/h1-6,11,13,16-17H,7-10,12H2,(H2,22,26)(H,24,27)/t16-,17-. The van der Waals surface area contributed by atoms with Crippen molar-refractivity contribution in [3.63, 3.8) is 0 Å². The third-order valence-electron chi connectivity index (χ3n) is 4.76. The van der Waals surface area contributed by atoms with Crippen molar-refractivity contribution in [2.24, 2.45) is 5.73 Å². The molecule has 0 bridgehead atoms. The molecule has 1 aromatic carbocycles. The largest absolute Gasteiger partial charge is 0.446 e. The molecule has 1 aliphatic rings. The van der Waals surface area contributed by atoms with Crippen LogP contribution in [-0.4, -0.2) is 29.3 Å². The van der Waals surface area contributed by atoms with Crippen molar-refractivity contribution in [2.45, 2.75) is 44.4 Å². The van der Waals surface area contributed by atoms with Crippen molar-refractivity contribution in [1.29, 1.82) is 0 Å². The molecule has 1 aromatic heterocycles. The van der Waals surface area contributed by atoms with E-state index >= 15 is 0 Å². The quantitative estimate of drug-likeness (QED) is 0.725. The van der Waals surface area contributed by atoms with Crippen molar-refractivity contribution in [2.75, 3.05) is 4.90 Å². The number of rotatable bonds is 5. The van der Waals surface area contributed by atoms with Crippen LogP contribution in [0.4, 0.5) is 15.4 Å². The fraction of sp³-hybridized carbons (Fsp3) is 0.350. The smallest absolute Gasteiger partial charge is 0.404 e. The second-order valence-corrected chi connectivity index (χ2v) is 7.63. The lowest BCUT2D eigenvalue weighted by Gasteiger charge is -2.35. The predicted molar refractivity (Wildman–Crippen MR) is 110 cm³/mol. The molecule has 7 nitrogen and oxygen atoms in total. The van der Waals surface area contributed by atoms with E-state index in [0.717, 1.165) is 10.0 Å². The van der Waals surface area contributed by atoms with E-state index in [4.69, 9.17) is 10.5 Å². The first kappa shape index (κ1) is 20.1. The van der Waals surface area contributed by atoms with E-state index < -0.39 is 6.09 Å². The van der Waals surface area contributed by atoms with E-state index in [1.807, 2.05) is 42.5 Å². The number of nitrogens with zero attached hydrogens (tertiary/aromatic N) is 2. The lowest BCUT2D eigenvalue weighted by molar-refractivity contribution is 0.0786. The van der Waals surface area contributed by atoms with Gasteiger partial charge in [-0.1, -0.05) is 30.3 Å². The highest BCUT2D eigenvalue weighted by molar-refractivity contribution is 9.10. The number of halogens is 1. The number of carbonyl (C=O) groups is 2. The highest BCUT2D eigenvalue weighted by atomic mass is 79.9. The number of amides is 3. The molecule has 0 atom stereocenters. The number of hydrogen-bond acceptors (Lipinski definition) is 4. The van der Waals surface area contributed by atoms with Crippen LogP contribution in [0, 0.1) is 0 Å². The zero-order chi connectivity index (χ0) is 19.9. The van der Waals surface area contributed by atoms with Crippen LogP contribution in [0.3, 0.4) is 0 Å². The Bertz CT molecular complexity index is 793. The van der Waals surface area contributed by atoms with Gasteiger partial charge >= 0.3 is 12.1 Å². The maximum Gasteiger partial charge on any atom is 0.404 e. The van der Waals surface area contributed by atoms with Gasteiger partial charge in [-0.05, 0) is 59.3 Å². The molecule has 1 heterocycles. The van der Waals surface area contributed by atoms with Gasteiger partial charge in [0.15, 0.2) is 0 Å². The molecule has 3 N–H and O–H groups in total. The number of primary amides is 1. The first-order valence-electron chi connectivity index (χ1n) is 9.21. The second kappa shape index (κ2) is 9.54. The normalized spacial score (nSPS) is 18.9. The molecule has 0 saturated heterocycles. The predicted octanol–water partition coefficient (Wildman–Crippen LogP) is 3.97. The third-order valence-corrected chi connectivity index (χ3v) is 5.22. The molecule has 0 radical (unpaired) electrons. The number of aromatic nitrogens is 1. The van der Waals surface area contributed by atoms with E-state index in [0.29, 0.717) is 38.0 Å². The van der Waals surface area contributed by atoms with Crippen LogP contribution in [0.25, 0.3) is 0 Å². The van der Waals surface area contributed by atoms with Gasteiger partial charge in [0, 0.05) is 23.3 Å². The summed E-state index contributed by atoms with van der Waals surface area (Å²) in [5.41, 5.74) is 6.14. The van der Waals surface area contributed by atoms with E-state index in [-0.39, 0.29) is 18.2 Å². The Morgan fingerprint density at radius 3 is 2.46 bits per heavy atom. The molecule has 2 aromatic rings. The summed E-state index contributed by atoms with van der Waals surface area (Å²) in [7, 11) is 0.